The summed E-state index contributed by atoms with van der Waals surface area (Å²) in [5.74, 6) is 0. The first kappa shape index (κ1) is 33.0. The third kappa shape index (κ3) is 6.77. The maximum atomic E-state index is 12.7. The lowest BCUT2D eigenvalue weighted by Gasteiger charge is -2.49. The molecule has 0 aromatic carbocycles. The quantitative estimate of drug-likeness (QED) is 0.0833. The Labute approximate surface area is 222 Å². The van der Waals surface area contributed by atoms with Gasteiger partial charge in [0.25, 0.3) is 5.56 Å². The van der Waals surface area contributed by atoms with E-state index in [1.54, 1.807) is 0 Å². The van der Waals surface area contributed by atoms with Crippen molar-refractivity contribution in [2.75, 3.05) is 13.2 Å². The van der Waals surface area contributed by atoms with E-state index in [1.807, 2.05) is 4.98 Å². The van der Waals surface area contributed by atoms with Crippen LogP contribution in [0.5, 0.6) is 0 Å². The predicted octanol–water partition coefficient (Wildman–Crippen LogP) is -6.01. The Balaban J connectivity index is 1.92. The molecule has 2 fully saturated rings. The largest absolute Gasteiger partial charge is 0.476 e. The van der Waals surface area contributed by atoms with Gasteiger partial charge in [0.05, 0.1) is 13.2 Å². The molecule has 0 spiro atoms. The number of aliphatic hydroxyl groups is 5. The number of nitrogens with one attached hydrogen (secondary N) is 2. The number of rotatable bonds is 10. The summed E-state index contributed by atoms with van der Waals surface area (Å²) in [5.41, 5.74) is -1.84. The molecule has 1 aromatic rings. The first-order valence-electron chi connectivity index (χ1n) is 10.7. The molecule has 3 heterocycles. The van der Waals surface area contributed by atoms with Crippen molar-refractivity contribution in [3.8, 4) is 0 Å². The van der Waals surface area contributed by atoms with Crippen LogP contribution in [0.15, 0.2) is 21.9 Å². The fourth-order valence-electron chi connectivity index (χ4n) is 3.98. The molecule has 2 aliphatic rings. The van der Waals surface area contributed by atoms with E-state index < -0.39 is 105 Å². The average molecular weight is 645 g/mol. The van der Waals surface area contributed by atoms with E-state index in [2.05, 4.69) is 4.31 Å². The van der Waals surface area contributed by atoms with E-state index in [9.17, 15) is 62.1 Å². The number of phosphoric acid groups is 1. The molecule has 0 saturated carbocycles. The van der Waals surface area contributed by atoms with Gasteiger partial charge < -0.3 is 54.4 Å². The van der Waals surface area contributed by atoms with Crippen LogP contribution in [0.25, 0.3) is 0 Å². The van der Waals surface area contributed by atoms with Crippen molar-refractivity contribution in [2.45, 2.75) is 54.4 Å². The smallest absolute Gasteiger partial charge is 0.393 e. The van der Waals surface area contributed by atoms with Gasteiger partial charge >= 0.3 is 31.4 Å². The number of aromatic amines is 1. The molecule has 0 bridgehead atoms. The van der Waals surface area contributed by atoms with Crippen molar-refractivity contribution in [3.63, 3.8) is 0 Å². The standard InChI is InChI=1S/C15H25N3O19P2S/c19-4-15(38(26,27)37-39(28,29)30)11(24)9(22)7(17-40(31,32)33)13(36-15)34-3-5-8(21)10(23)12(35-5)18-2-1-6(20)16-14(18)25/h1-2,5,7-13,17,19,21-24H,3-4H2,(H,26,27)(H,16,20,25)(H2,28,29,30)(H,31,32,33)/t5-,7-,8-,9-,10-,11+,12-,13+,15+/m1/s1. The molecular weight excluding hydrogens is 620 g/mol. The Hall–Kier alpha value is -1.47. The Kier molecular flexibility index (Phi) is 9.63. The minimum absolute atomic E-state index is 0.688. The normalized spacial score (nSPS) is 36.8. The van der Waals surface area contributed by atoms with Gasteiger partial charge in [-0.3, -0.25) is 23.5 Å². The maximum absolute atomic E-state index is 12.7. The SMILES string of the molecule is O=c1ccn([C@@H]2O[C@H](CO[C@H]3O[C@@](CO)(P(=O)(O)OP(=O)(O)O)[C@@H](O)[C@H](O)[C@H]3NS(=O)(=O)O)[C@@H](O)[C@H]2O)c(=O)[nH]1. The number of hydrogen-bond donors (Lipinski definition) is 11. The summed E-state index contributed by atoms with van der Waals surface area (Å²) in [6.45, 7) is -2.77. The van der Waals surface area contributed by atoms with Crippen molar-refractivity contribution in [1.29, 1.82) is 0 Å². The van der Waals surface area contributed by atoms with E-state index in [0.717, 1.165) is 12.3 Å². The van der Waals surface area contributed by atoms with Crippen molar-refractivity contribution in [2.24, 2.45) is 0 Å². The molecule has 1 aromatic heterocycles. The lowest BCUT2D eigenvalue weighted by molar-refractivity contribution is -0.293. The zero-order valence-electron chi connectivity index (χ0n) is 19.5. The molecule has 3 rings (SSSR count). The number of nitrogens with zero attached hydrogens (tertiary/aromatic N) is 1. The Bertz CT molecular complexity index is 1400. The summed E-state index contributed by atoms with van der Waals surface area (Å²) in [7, 11) is -17.1. The summed E-state index contributed by atoms with van der Waals surface area (Å²) < 4.78 is 77.4. The van der Waals surface area contributed by atoms with Crippen molar-refractivity contribution < 1.29 is 80.8 Å². The van der Waals surface area contributed by atoms with E-state index in [1.165, 1.54) is 4.72 Å². The van der Waals surface area contributed by atoms with Crippen LogP contribution in [0.4, 0.5) is 0 Å². The molecule has 2 aliphatic heterocycles. The van der Waals surface area contributed by atoms with Gasteiger partial charge in [-0.2, -0.15) is 13.1 Å². The molecule has 40 heavy (non-hydrogen) atoms. The van der Waals surface area contributed by atoms with Gasteiger partial charge in [-0.15, -0.1) is 0 Å². The van der Waals surface area contributed by atoms with Crippen LogP contribution < -0.4 is 16.0 Å². The zero-order valence-corrected chi connectivity index (χ0v) is 22.2. The molecule has 0 radical (unpaired) electrons. The van der Waals surface area contributed by atoms with Gasteiger partial charge in [-0.25, -0.2) is 13.7 Å². The summed E-state index contributed by atoms with van der Waals surface area (Å²) in [4.78, 5) is 53.3. The topological polar surface area (TPSA) is 354 Å². The molecule has 1 unspecified atom stereocenters. The number of aliphatic hydroxyl groups excluding tert-OH is 5. The van der Waals surface area contributed by atoms with Crippen LogP contribution in [0, 0.1) is 0 Å². The third-order valence-electron chi connectivity index (χ3n) is 5.86. The molecular formula is C15H25N3O19P2S. The molecule has 2 saturated heterocycles. The lowest BCUT2D eigenvalue weighted by atomic mass is 9.97. The second-order valence-corrected chi connectivity index (χ2v) is 13.2. The van der Waals surface area contributed by atoms with Crippen LogP contribution in [0.3, 0.4) is 0 Å². The molecule has 25 heteroatoms. The van der Waals surface area contributed by atoms with Crippen molar-refractivity contribution >= 4 is 25.7 Å². The molecule has 22 nitrogen and oxygen atoms in total. The molecule has 11 N–H and O–H groups in total. The monoisotopic (exact) mass is 645 g/mol. The Morgan fingerprint density at radius 2 is 1.73 bits per heavy atom. The zero-order chi connectivity index (χ0) is 30.4. The predicted molar refractivity (Wildman–Crippen MR) is 121 cm³/mol. The van der Waals surface area contributed by atoms with E-state index >= 15 is 0 Å². The number of ether oxygens (including phenoxy) is 3. The van der Waals surface area contributed by atoms with E-state index in [0.29, 0.717) is 4.57 Å². The van der Waals surface area contributed by atoms with Crippen molar-refractivity contribution in [1.82, 2.24) is 14.3 Å². The summed E-state index contributed by atoms with van der Waals surface area (Å²) in [6.07, 6.45) is -13.9. The Morgan fingerprint density at radius 3 is 2.25 bits per heavy atom. The Morgan fingerprint density at radius 1 is 1.10 bits per heavy atom. The van der Waals surface area contributed by atoms with E-state index in [-0.39, 0.29) is 0 Å². The highest BCUT2D eigenvalue weighted by Gasteiger charge is 2.66. The van der Waals surface area contributed by atoms with Gasteiger partial charge in [0.15, 0.2) is 12.5 Å². The first-order chi connectivity index (χ1) is 18.2. The van der Waals surface area contributed by atoms with Crippen LogP contribution in [0.2, 0.25) is 0 Å². The average Bonchev–Trinajstić information content (AvgIpc) is 3.08. The van der Waals surface area contributed by atoms with Gasteiger partial charge in [0, 0.05) is 12.3 Å². The van der Waals surface area contributed by atoms with Gasteiger partial charge in [-0.05, 0) is 0 Å². The second kappa shape index (κ2) is 11.7. The molecule has 0 amide bonds. The highest BCUT2D eigenvalue weighted by Crippen LogP contribution is 2.67. The lowest BCUT2D eigenvalue weighted by Crippen LogP contribution is -2.69. The minimum Gasteiger partial charge on any atom is -0.393 e. The number of aromatic nitrogens is 2. The molecule has 0 aliphatic carbocycles. The summed E-state index contributed by atoms with van der Waals surface area (Å²) >= 11 is 0. The number of hydrogen-bond acceptors (Lipinski definition) is 15. The van der Waals surface area contributed by atoms with Crippen LogP contribution in [-0.4, -0.2) is 124 Å². The molecule has 10 atom stereocenters. The third-order valence-corrected chi connectivity index (χ3v) is 9.64. The number of H-pyrrole nitrogens is 1. The van der Waals surface area contributed by atoms with Crippen LogP contribution in [0.1, 0.15) is 6.23 Å². The summed E-state index contributed by atoms with van der Waals surface area (Å²) in [6, 6.07) is -1.37. The maximum Gasteiger partial charge on any atom is 0.476 e. The van der Waals surface area contributed by atoms with Gasteiger partial charge in [0.2, 0.25) is 5.34 Å². The van der Waals surface area contributed by atoms with Crippen molar-refractivity contribution in [3.05, 3.63) is 33.1 Å². The second-order valence-electron chi connectivity index (χ2n) is 8.53. The minimum atomic E-state index is -6.01. The van der Waals surface area contributed by atoms with Gasteiger partial charge in [0.1, 0.15) is 36.6 Å². The summed E-state index contributed by atoms with van der Waals surface area (Å²) in [5, 5.41) is 47.9. The highest BCUT2D eigenvalue weighted by atomic mass is 32.2. The van der Waals surface area contributed by atoms with Gasteiger partial charge in [-0.1, -0.05) is 0 Å². The fourth-order valence-corrected chi connectivity index (χ4v) is 7.19. The van der Waals surface area contributed by atoms with E-state index in [4.69, 9.17) is 24.0 Å². The van der Waals surface area contributed by atoms with Crippen LogP contribution >= 0.6 is 15.4 Å². The molecule has 230 valence electrons. The highest BCUT2D eigenvalue weighted by molar-refractivity contribution is 7.83. The first-order valence-corrected chi connectivity index (χ1v) is 15.2. The fraction of sp³-hybridized carbons (Fsp3) is 0.733. The van der Waals surface area contributed by atoms with Crippen LogP contribution in [-0.2, 0) is 38.0 Å².